The smallest absolute Gasteiger partial charge is 0.191 e. The first kappa shape index (κ1) is 24.0. The maximum absolute atomic E-state index is 6.12. The molecule has 0 aliphatic carbocycles. The average Bonchev–Trinajstić information content (AvgIpc) is 3.09. The van der Waals surface area contributed by atoms with Gasteiger partial charge in [0.1, 0.15) is 29.8 Å². The van der Waals surface area contributed by atoms with Gasteiger partial charge < -0.3 is 20.1 Å². The lowest BCUT2D eigenvalue weighted by molar-refractivity contribution is 0.177. The zero-order valence-electron chi connectivity index (χ0n) is 16.3. The van der Waals surface area contributed by atoms with E-state index in [0.717, 1.165) is 31.0 Å². The van der Waals surface area contributed by atoms with Crippen LogP contribution >= 0.6 is 47.2 Å². The van der Waals surface area contributed by atoms with E-state index in [-0.39, 0.29) is 30.0 Å². The number of nitrogens with one attached hydrogen (secondary N) is 2. The lowest BCUT2D eigenvalue weighted by atomic mass is 10.1. The third kappa shape index (κ3) is 6.59. The van der Waals surface area contributed by atoms with E-state index in [1.807, 2.05) is 4.68 Å². The topological polar surface area (TPSA) is 85.6 Å². The number of rotatable bonds is 7. The number of hydrogen-bond acceptors (Lipinski definition) is 5. The fourth-order valence-electron chi connectivity index (χ4n) is 2.98. The molecular weight excluding hydrogens is 530 g/mol. The molecule has 2 heterocycles. The number of ether oxygens (including phenoxy) is 2. The SMILES string of the molecule is CN=C(NCCOc1cccc(Cl)c1Cl)NC1CCc2nc(COC)nn2C1.I. The summed E-state index contributed by atoms with van der Waals surface area (Å²) in [5.74, 6) is 3.00. The summed E-state index contributed by atoms with van der Waals surface area (Å²) in [5, 5.41) is 12.0. The van der Waals surface area contributed by atoms with Crippen LogP contribution in [0.15, 0.2) is 23.2 Å². The van der Waals surface area contributed by atoms with Crippen molar-refractivity contribution in [2.75, 3.05) is 27.3 Å². The Morgan fingerprint density at radius 2 is 2.21 bits per heavy atom. The summed E-state index contributed by atoms with van der Waals surface area (Å²) in [7, 11) is 3.38. The molecule has 0 saturated heterocycles. The fourth-order valence-corrected chi connectivity index (χ4v) is 3.33. The Balaban J connectivity index is 0.00000300. The monoisotopic (exact) mass is 554 g/mol. The summed E-state index contributed by atoms with van der Waals surface area (Å²) in [6.07, 6.45) is 1.82. The maximum Gasteiger partial charge on any atom is 0.191 e. The minimum Gasteiger partial charge on any atom is -0.490 e. The first-order chi connectivity index (χ1) is 13.6. The summed E-state index contributed by atoms with van der Waals surface area (Å²) in [6, 6.07) is 5.54. The molecule has 1 aliphatic rings. The van der Waals surface area contributed by atoms with Crippen molar-refractivity contribution in [2.24, 2.45) is 4.99 Å². The molecule has 0 radical (unpaired) electrons. The van der Waals surface area contributed by atoms with Crippen LogP contribution in [-0.4, -0.2) is 54.1 Å². The largest absolute Gasteiger partial charge is 0.490 e. The van der Waals surface area contributed by atoms with E-state index >= 15 is 0 Å². The molecule has 0 saturated carbocycles. The molecule has 1 aromatic heterocycles. The third-order valence-corrected chi connectivity index (χ3v) is 5.11. The molecular formula is C18H25Cl2IN6O2. The van der Waals surface area contributed by atoms with E-state index in [1.54, 1.807) is 32.4 Å². The number of benzene rings is 1. The van der Waals surface area contributed by atoms with Crippen LogP contribution in [0.4, 0.5) is 0 Å². The number of methoxy groups -OCH3 is 1. The number of aliphatic imine (C=N–C) groups is 1. The Morgan fingerprint density at radius 3 is 2.97 bits per heavy atom. The van der Waals surface area contributed by atoms with Gasteiger partial charge in [-0.05, 0) is 18.6 Å². The molecule has 1 aliphatic heterocycles. The molecule has 160 valence electrons. The number of nitrogens with zero attached hydrogens (tertiary/aromatic N) is 4. The molecule has 1 aromatic carbocycles. The Hall–Kier alpha value is -1.30. The van der Waals surface area contributed by atoms with E-state index < -0.39 is 0 Å². The highest BCUT2D eigenvalue weighted by Crippen LogP contribution is 2.31. The van der Waals surface area contributed by atoms with Crippen molar-refractivity contribution in [1.29, 1.82) is 0 Å². The average molecular weight is 555 g/mol. The van der Waals surface area contributed by atoms with Crippen molar-refractivity contribution in [3.05, 3.63) is 39.9 Å². The molecule has 1 unspecified atom stereocenters. The highest BCUT2D eigenvalue weighted by molar-refractivity contribution is 14.0. The Morgan fingerprint density at radius 1 is 1.38 bits per heavy atom. The van der Waals surface area contributed by atoms with Crippen molar-refractivity contribution in [3.63, 3.8) is 0 Å². The second kappa shape index (κ2) is 11.8. The lowest BCUT2D eigenvalue weighted by Gasteiger charge is -2.25. The van der Waals surface area contributed by atoms with Gasteiger partial charge in [0, 0.05) is 26.6 Å². The highest BCUT2D eigenvalue weighted by Gasteiger charge is 2.22. The number of guanidine groups is 1. The van der Waals surface area contributed by atoms with Crippen LogP contribution in [0.5, 0.6) is 5.75 Å². The number of hydrogen-bond donors (Lipinski definition) is 2. The molecule has 29 heavy (non-hydrogen) atoms. The molecule has 11 heteroatoms. The molecule has 1 atom stereocenters. The Labute approximate surface area is 197 Å². The van der Waals surface area contributed by atoms with Crippen LogP contribution in [0.25, 0.3) is 0 Å². The van der Waals surface area contributed by atoms with Gasteiger partial charge in [-0.2, -0.15) is 5.10 Å². The zero-order valence-corrected chi connectivity index (χ0v) is 20.2. The number of aryl methyl sites for hydroxylation is 1. The molecule has 0 fully saturated rings. The van der Waals surface area contributed by atoms with Gasteiger partial charge in [0.25, 0.3) is 0 Å². The third-order valence-electron chi connectivity index (χ3n) is 4.31. The van der Waals surface area contributed by atoms with Crippen LogP contribution in [0.1, 0.15) is 18.1 Å². The van der Waals surface area contributed by atoms with Crippen LogP contribution < -0.4 is 15.4 Å². The maximum atomic E-state index is 6.12. The van der Waals surface area contributed by atoms with E-state index in [9.17, 15) is 0 Å². The predicted molar refractivity (Wildman–Crippen MR) is 125 cm³/mol. The number of halogens is 3. The Bertz CT molecular complexity index is 833. The van der Waals surface area contributed by atoms with Gasteiger partial charge >= 0.3 is 0 Å². The Kier molecular flexibility index (Phi) is 9.73. The summed E-state index contributed by atoms with van der Waals surface area (Å²) in [4.78, 5) is 8.77. The molecule has 3 rings (SSSR count). The first-order valence-corrected chi connectivity index (χ1v) is 9.81. The normalized spacial score (nSPS) is 16.0. The van der Waals surface area contributed by atoms with E-state index in [0.29, 0.717) is 41.5 Å². The predicted octanol–water partition coefficient (Wildman–Crippen LogP) is 2.91. The minimum atomic E-state index is 0. The van der Waals surface area contributed by atoms with Gasteiger partial charge in [0.15, 0.2) is 11.8 Å². The van der Waals surface area contributed by atoms with Gasteiger partial charge in [0.2, 0.25) is 0 Å². The number of aromatic nitrogens is 3. The summed E-state index contributed by atoms with van der Waals surface area (Å²) in [5.41, 5.74) is 0. The second-order valence-electron chi connectivity index (χ2n) is 6.34. The van der Waals surface area contributed by atoms with Gasteiger partial charge in [-0.3, -0.25) is 4.99 Å². The molecule has 2 N–H and O–H groups in total. The van der Waals surface area contributed by atoms with Crippen LogP contribution in [0, 0.1) is 0 Å². The van der Waals surface area contributed by atoms with Crippen molar-refractivity contribution in [2.45, 2.75) is 32.0 Å². The molecule has 0 spiro atoms. The molecule has 2 aromatic rings. The quantitative estimate of drug-likeness (QED) is 0.237. The fraction of sp³-hybridized carbons (Fsp3) is 0.500. The lowest BCUT2D eigenvalue weighted by Crippen LogP contribution is -2.47. The van der Waals surface area contributed by atoms with E-state index in [4.69, 9.17) is 32.7 Å². The van der Waals surface area contributed by atoms with Crippen molar-refractivity contribution in [3.8, 4) is 5.75 Å². The van der Waals surface area contributed by atoms with Crippen molar-refractivity contribution in [1.82, 2.24) is 25.4 Å². The van der Waals surface area contributed by atoms with Gasteiger partial charge in [0.05, 0.1) is 18.1 Å². The van der Waals surface area contributed by atoms with Crippen molar-refractivity contribution >= 4 is 53.1 Å². The van der Waals surface area contributed by atoms with E-state index in [1.165, 1.54) is 0 Å². The van der Waals surface area contributed by atoms with Gasteiger partial charge in [-0.15, -0.1) is 24.0 Å². The first-order valence-electron chi connectivity index (χ1n) is 9.06. The zero-order chi connectivity index (χ0) is 19.9. The summed E-state index contributed by atoms with van der Waals surface area (Å²) < 4.78 is 12.7. The van der Waals surface area contributed by atoms with Gasteiger partial charge in [-0.1, -0.05) is 29.3 Å². The molecule has 8 nitrogen and oxygen atoms in total. The number of fused-ring (bicyclic) bond motifs is 1. The van der Waals surface area contributed by atoms with Crippen LogP contribution in [0.3, 0.4) is 0 Å². The van der Waals surface area contributed by atoms with Crippen molar-refractivity contribution < 1.29 is 9.47 Å². The minimum absolute atomic E-state index is 0. The van der Waals surface area contributed by atoms with Crippen LogP contribution in [0.2, 0.25) is 10.0 Å². The summed E-state index contributed by atoms with van der Waals surface area (Å²) >= 11 is 12.1. The molecule has 0 amide bonds. The second-order valence-corrected chi connectivity index (χ2v) is 7.12. The standard InChI is InChI=1S/C18H24Cl2N6O2.HI/c1-21-18(22-8-9-28-14-5-3-4-13(19)17(14)20)23-12-6-7-16-24-15(11-27-2)25-26(16)10-12;/h3-5,12H,6-11H2,1-2H3,(H2,21,22,23);1H. The highest BCUT2D eigenvalue weighted by atomic mass is 127. The summed E-state index contributed by atoms with van der Waals surface area (Å²) in [6.45, 7) is 2.17. The molecule has 0 bridgehead atoms. The van der Waals surface area contributed by atoms with Gasteiger partial charge in [-0.25, -0.2) is 9.67 Å². The van der Waals surface area contributed by atoms with E-state index in [2.05, 4.69) is 25.7 Å². The van der Waals surface area contributed by atoms with Crippen LogP contribution in [-0.2, 0) is 24.3 Å².